The summed E-state index contributed by atoms with van der Waals surface area (Å²) in [6, 6.07) is -0.539. The van der Waals surface area contributed by atoms with Crippen molar-refractivity contribution < 1.29 is 19.1 Å². The van der Waals surface area contributed by atoms with Gasteiger partial charge in [-0.2, -0.15) is 0 Å². The Labute approximate surface area is 115 Å². The van der Waals surface area contributed by atoms with Crippen molar-refractivity contribution >= 4 is 45.5 Å². The molecule has 0 aliphatic carbocycles. The monoisotopic (exact) mass is 332 g/mol. The number of carbonyl (C=O) groups excluding carboxylic acids is 3. The molecular formula is C10H9BrN2O4S. The minimum absolute atomic E-state index is 0.157. The molecule has 0 aromatic carbocycles. The largest absolute Gasteiger partial charge is 0.456 e. The number of thioether (sulfide) groups is 1. The third-order valence-electron chi connectivity index (χ3n) is 3.06. The van der Waals surface area contributed by atoms with Crippen LogP contribution in [0.5, 0.6) is 0 Å². The van der Waals surface area contributed by atoms with E-state index in [0.717, 1.165) is 5.57 Å². The number of cyclic esters (lactones) is 1. The van der Waals surface area contributed by atoms with Gasteiger partial charge in [0.25, 0.3) is 5.91 Å². The van der Waals surface area contributed by atoms with Crippen LogP contribution in [0.1, 0.15) is 0 Å². The van der Waals surface area contributed by atoms with E-state index in [9.17, 15) is 14.4 Å². The van der Waals surface area contributed by atoms with Crippen LogP contribution in [0.25, 0.3) is 0 Å². The number of carbonyl (C=O) groups is 3. The number of amides is 2. The molecule has 3 rings (SSSR count). The molecule has 1 fully saturated rings. The minimum atomic E-state index is -0.539. The van der Waals surface area contributed by atoms with E-state index in [1.165, 1.54) is 4.90 Å². The first-order valence-corrected chi connectivity index (χ1v) is 7.49. The molecule has 0 radical (unpaired) electrons. The van der Waals surface area contributed by atoms with Crippen molar-refractivity contribution in [2.75, 3.05) is 17.7 Å². The Morgan fingerprint density at radius 1 is 1.56 bits per heavy atom. The third-order valence-corrected chi connectivity index (χ3v) is 4.90. The number of alkyl halides is 1. The number of nitrogens with one attached hydrogen (secondary N) is 1. The van der Waals surface area contributed by atoms with Crippen molar-refractivity contribution in [1.29, 1.82) is 0 Å². The van der Waals surface area contributed by atoms with Crippen LogP contribution in [0, 0.1) is 0 Å². The summed E-state index contributed by atoms with van der Waals surface area (Å²) in [6.07, 6.45) is 0. The fourth-order valence-electron chi connectivity index (χ4n) is 2.22. The maximum atomic E-state index is 12.0. The van der Waals surface area contributed by atoms with Crippen molar-refractivity contribution in [3.8, 4) is 0 Å². The lowest BCUT2D eigenvalue weighted by Crippen LogP contribution is -2.70. The van der Waals surface area contributed by atoms with Gasteiger partial charge in [-0.3, -0.25) is 14.5 Å². The van der Waals surface area contributed by atoms with Gasteiger partial charge in [0.1, 0.15) is 23.7 Å². The number of esters is 1. The molecule has 0 saturated carbocycles. The summed E-state index contributed by atoms with van der Waals surface area (Å²) in [6.45, 7) is 0.274. The molecule has 2 atom stereocenters. The second-order valence-corrected chi connectivity index (χ2v) is 5.78. The summed E-state index contributed by atoms with van der Waals surface area (Å²) in [5.74, 6) is -0.250. The van der Waals surface area contributed by atoms with Crippen LogP contribution in [0.3, 0.4) is 0 Å². The molecule has 2 amide bonds. The zero-order valence-corrected chi connectivity index (χ0v) is 11.5. The van der Waals surface area contributed by atoms with Gasteiger partial charge in [0.15, 0.2) is 0 Å². The van der Waals surface area contributed by atoms with Crippen LogP contribution in [-0.2, 0) is 19.1 Å². The Bertz CT molecular complexity index is 492. The predicted molar refractivity (Wildman–Crippen MR) is 66.8 cm³/mol. The zero-order chi connectivity index (χ0) is 12.9. The molecule has 18 heavy (non-hydrogen) atoms. The van der Waals surface area contributed by atoms with E-state index in [1.807, 2.05) is 0 Å². The van der Waals surface area contributed by atoms with Gasteiger partial charge in [-0.15, -0.1) is 11.8 Å². The lowest BCUT2D eigenvalue weighted by atomic mass is 10.0. The normalized spacial score (nSPS) is 29.5. The molecule has 1 N–H and O–H groups in total. The number of halogens is 1. The highest BCUT2D eigenvalue weighted by atomic mass is 79.9. The lowest BCUT2D eigenvalue weighted by Gasteiger charge is -2.48. The molecule has 0 bridgehead atoms. The number of β-lactam (4-membered cyclic amide) rings is 1. The van der Waals surface area contributed by atoms with Gasteiger partial charge in [0.2, 0.25) is 5.91 Å². The molecule has 0 aromatic rings. The first-order valence-electron chi connectivity index (χ1n) is 5.32. The first kappa shape index (κ1) is 12.0. The van der Waals surface area contributed by atoms with E-state index in [-0.39, 0.29) is 29.1 Å². The van der Waals surface area contributed by atoms with Crippen molar-refractivity contribution in [3.63, 3.8) is 0 Å². The van der Waals surface area contributed by atoms with E-state index >= 15 is 0 Å². The first-order chi connectivity index (χ1) is 8.63. The smallest absolute Gasteiger partial charge is 0.355 e. The van der Waals surface area contributed by atoms with Crippen LogP contribution < -0.4 is 5.32 Å². The number of nitrogens with zero attached hydrogens (tertiary/aromatic N) is 1. The average Bonchev–Trinajstić information content (AvgIpc) is 2.75. The van der Waals surface area contributed by atoms with Gasteiger partial charge in [-0.25, -0.2) is 4.79 Å². The van der Waals surface area contributed by atoms with Gasteiger partial charge in [-0.1, -0.05) is 15.9 Å². The Balaban J connectivity index is 1.80. The fraction of sp³-hybridized carbons (Fsp3) is 0.500. The highest BCUT2D eigenvalue weighted by molar-refractivity contribution is 9.09. The van der Waals surface area contributed by atoms with Crippen molar-refractivity contribution in [2.24, 2.45) is 0 Å². The van der Waals surface area contributed by atoms with Gasteiger partial charge in [0, 0.05) is 11.3 Å². The SMILES string of the molecule is O=C(CBr)N[C@@H]1C(=O)N2C3=C(COC3=O)CS[C@H]12. The maximum absolute atomic E-state index is 12.0. The number of ether oxygens (including phenoxy) is 1. The summed E-state index contributed by atoms with van der Waals surface area (Å²) in [4.78, 5) is 36.3. The predicted octanol–water partition coefficient (Wildman–Crippen LogP) is -0.408. The standard InChI is InChI=1S/C10H9BrN2O4S/c11-1-5(14)12-6-8(15)13-7-4(2-17-10(7)16)3-18-9(6)13/h6,9H,1-3H2,(H,12,14)/t6-,9-/m1/s1. The van der Waals surface area contributed by atoms with E-state index < -0.39 is 12.0 Å². The van der Waals surface area contributed by atoms with Crippen molar-refractivity contribution in [1.82, 2.24) is 10.2 Å². The van der Waals surface area contributed by atoms with E-state index in [1.54, 1.807) is 11.8 Å². The summed E-state index contributed by atoms with van der Waals surface area (Å²) < 4.78 is 4.92. The van der Waals surface area contributed by atoms with Crippen molar-refractivity contribution in [2.45, 2.75) is 11.4 Å². The second kappa shape index (κ2) is 4.27. The summed E-state index contributed by atoms with van der Waals surface area (Å²) in [5, 5.41) is 2.60. The minimum Gasteiger partial charge on any atom is -0.456 e. The number of hydrogen-bond donors (Lipinski definition) is 1. The van der Waals surface area contributed by atoms with Crippen LogP contribution >= 0.6 is 27.7 Å². The third kappa shape index (κ3) is 1.58. The molecule has 6 nitrogen and oxygen atoms in total. The zero-order valence-electron chi connectivity index (χ0n) is 9.14. The van der Waals surface area contributed by atoms with Gasteiger partial charge in [0.05, 0.1) is 5.33 Å². The van der Waals surface area contributed by atoms with E-state index in [2.05, 4.69) is 21.2 Å². The number of hydrogen-bond acceptors (Lipinski definition) is 5. The molecule has 0 aromatic heterocycles. The average molecular weight is 333 g/mol. The molecule has 3 aliphatic rings. The highest BCUT2D eigenvalue weighted by Crippen LogP contribution is 2.42. The quantitative estimate of drug-likeness (QED) is 0.423. The number of fused-ring (bicyclic) bond motifs is 2. The van der Waals surface area contributed by atoms with Gasteiger partial charge >= 0.3 is 5.97 Å². The summed E-state index contributed by atoms with van der Waals surface area (Å²) in [5.41, 5.74) is 1.24. The van der Waals surface area contributed by atoms with Crippen molar-refractivity contribution in [3.05, 3.63) is 11.3 Å². The molecule has 1 saturated heterocycles. The van der Waals surface area contributed by atoms with E-state index in [0.29, 0.717) is 11.4 Å². The summed E-state index contributed by atoms with van der Waals surface area (Å²) >= 11 is 4.57. The van der Waals surface area contributed by atoms with Gasteiger partial charge < -0.3 is 10.1 Å². The summed E-state index contributed by atoms with van der Waals surface area (Å²) in [7, 11) is 0. The second-order valence-electron chi connectivity index (χ2n) is 4.12. The molecular weight excluding hydrogens is 324 g/mol. The van der Waals surface area contributed by atoms with Crippen LogP contribution in [0.4, 0.5) is 0 Å². The highest BCUT2D eigenvalue weighted by Gasteiger charge is 2.55. The number of rotatable bonds is 2. The lowest BCUT2D eigenvalue weighted by molar-refractivity contribution is -0.150. The molecule has 8 heteroatoms. The maximum Gasteiger partial charge on any atom is 0.355 e. The Morgan fingerprint density at radius 2 is 2.33 bits per heavy atom. The Morgan fingerprint density at radius 3 is 3.06 bits per heavy atom. The topological polar surface area (TPSA) is 75.7 Å². The van der Waals surface area contributed by atoms with Crippen LogP contribution in [0.2, 0.25) is 0 Å². The Hall–Kier alpha value is -1.02. The van der Waals surface area contributed by atoms with E-state index in [4.69, 9.17) is 4.74 Å². The molecule has 0 unspecified atom stereocenters. The molecule has 96 valence electrons. The van der Waals surface area contributed by atoms with Gasteiger partial charge in [-0.05, 0) is 0 Å². The van der Waals surface area contributed by atoms with Crippen LogP contribution in [0.15, 0.2) is 11.3 Å². The molecule has 3 heterocycles. The molecule has 0 spiro atoms. The Kier molecular flexibility index (Phi) is 2.86. The molecule has 3 aliphatic heterocycles. The fourth-order valence-corrected chi connectivity index (χ4v) is 3.70. The van der Waals surface area contributed by atoms with Crippen LogP contribution in [-0.4, -0.2) is 51.8 Å².